The van der Waals surface area contributed by atoms with Gasteiger partial charge < -0.3 is 9.47 Å². The van der Waals surface area contributed by atoms with Gasteiger partial charge in [-0.25, -0.2) is 41.3 Å². The van der Waals surface area contributed by atoms with Crippen LogP contribution in [0.15, 0.2) is 66.2 Å². The van der Waals surface area contributed by atoms with Gasteiger partial charge in [-0.2, -0.15) is 19.0 Å². The van der Waals surface area contributed by atoms with Crippen molar-refractivity contribution >= 4 is 0 Å². The van der Waals surface area contributed by atoms with Crippen LogP contribution in [0.4, 0.5) is 26.3 Å². The van der Waals surface area contributed by atoms with Crippen LogP contribution in [0.1, 0.15) is 12.0 Å². The molecule has 2 aromatic carbocycles. The monoisotopic (exact) mass is 568 g/mol. The van der Waals surface area contributed by atoms with Gasteiger partial charge in [-0.3, -0.25) is 0 Å². The fraction of sp³-hybridized carbons (Fsp3) is 0.360. The van der Waals surface area contributed by atoms with Crippen LogP contribution in [-0.2, 0) is 23.4 Å². The van der Waals surface area contributed by atoms with E-state index in [1.54, 1.807) is 0 Å². The van der Waals surface area contributed by atoms with E-state index in [9.17, 15) is 31.1 Å². The van der Waals surface area contributed by atoms with Crippen LogP contribution in [-0.4, -0.2) is 54.7 Å². The first-order chi connectivity index (χ1) is 19.1. The van der Waals surface area contributed by atoms with Crippen LogP contribution in [0.3, 0.4) is 0 Å². The number of alkyl halides is 4. The highest BCUT2D eigenvalue weighted by Gasteiger charge is 2.45. The van der Waals surface area contributed by atoms with Crippen molar-refractivity contribution in [2.75, 3.05) is 13.2 Å². The van der Waals surface area contributed by atoms with Crippen molar-refractivity contribution in [2.24, 2.45) is 5.92 Å². The average Bonchev–Trinajstić information content (AvgIpc) is 3.65. The summed E-state index contributed by atoms with van der Waals surface area (Å²) in [6, 6.07) is 8.56. The lowest BCUT2D eigenvalue weighted by molar-refractivity contribution is -0.148. The standard InChI is InChI=1S/C25H22F6N6O3/c26-17-1-6-20(21(27)7-17)24(11-35-14-32-13-33-35)8-16(10-40-24)9-37-23(38)36(15-34-37)18-2-4-19(5-3-18)39-12-25(30,31)22(28)29/h1-7,13-16,22H,8-12H2/t16-,24+/m1/s1. The number of rotatable bonds is 10. The Morgan fingerprint density at radius 1 is 1.10 bits per heavy atom. The van der Waals surface area contributed by atoms with Gasteiger partial charge in [0.25, 0.3) is 0 Å². The maximum Gasteiger partial charge on any atom is 0.350 e. The zero-order chi connectivity index (χ0) is 28.5. The number of aromatic nitrogens is 6. The molecule has 212 valence electrons. The van der Waals surface area contributed by atoms with Crippen molar-refractivity contribution in [3.8, 4) is 11.4 Å². The summed E-state index contributed by atoms with van der Waals surface area (Å²) in [6.45, 7) is -1.11. The van der Waals surface area contributed by atoms with Gasteiger partial charge in [0.1, 0.15) is 42.0 Å². The minimum Gasteiger partial charge on any atom is -0.487 e. The molecule has 2 atom stereocenters. The molecule has 0 aliphatic carbocycles. The summed E-state index contributed by atoms with van der Waals surface area (Å²) in [4.78, 5) is 16.9. The first kappa shape index (κ1) is 27.4. The van der Waals surface area contributed by atoms with E-state index in [-0.39, 0.29) is 43.3 Å². The maximum atomic E-state index is 14.8. The predicted octanol–water partition coefficient (Wildman–Crippen LogP) is 3.82. The highest BCUT2D eigenvalue weighted by atomic mass is 19.3. The van der Waals surface area contributed by atoms with Crippen molar-refractivity contribution in [1.82, 2.24) is 29.1 Å². The molecule has 15 heteroatoms. The summed E-state index contributed by atoms with van der Waals surface area (Å²) in [5.74, 6) is -6.15. The fourth-order valence-electron chi connectivity index (χ4n) is 4.63. The summed E-state index contributed by atoms with van der Waals surface area (Å²) in [5, 5.41) is 8.21. The number of hydrogen-bond donors (Lipinski definition) is 0. The third kappa shape index (κ3) is 5.59. The molecule has 0 N–H and O–H groups in total. The van der Waals surface area contributed by atoms with E-state index in [1.165, 1.54) is 63.2 Å². The van der Waals surface area contributed by atoms with Crippen molar-refractivity contribution in [3.63, 3.8) is 0 Å². The number of hydrogen-bond acceptors (Lipinski definition) is 6. The van der Waals surface area contributed by atoms with Gasteiger partial charge in [0, 0.05) is 17.5 Å². The molecule has 5 rings (SSSR count). The largest absolute Gasteiger partial charge is 0.487 e. The van der Waals surface area contributed by atoms with Gasteiger partial charge in [-0.15, -0.1) is 0 Å². The lowest BCUT2D eigenvalue weighted by atomic mass is 9.86. The molecular formula is C25H22F6N6O3. The van der Waals surface area contributed by atoms with Crippen molar-refractivity contribution < 1.29 is 35.8 Å². The average molecular weight is 568 g/mol. The highest BCUT2D eigenvalue weighted by Crippen LogP contribution is 2.42. The molecule has 0 unspecified atom stereocenters. The third-order valence-corrected chi connectivity index (χ3v) is 6.55. The Morgan fingerprint density at radius 3 is 2.55 bits per heavy atom. The minimum atomic E-state index is -4.30. The van der Waals surface area contributed by atoms with Crippen molar-refractivity contribution in [1.29, 1.82) is 0 Å². The van der Waals surface area contributed by atoms with E-state index in [0.29, 0.717) is 5.69 Å². The summed E-state index contributed by atoms with van der Waals surface area (Å²) in [5.41, 5.74) is -1.22. The lowest BCUT2D eigenvalue weighted by Gasteiger charge is -2.29. The van der Waals surface area contributed by atoms with Gasteiger partial charge in [0.05, 0.1) is 25.4 Å². The molecule has 0 radical (unpaired) electrons. The van der Waals surface area contributed by atoms with Gasteiger partial charge in [-0.1, -0.05) is 6.07 Å². The van der Waals surface area contributed by atoms with Crippen LogP contribution in [0.25, 0.3) is 5.69 Å². The van der Waals surface area contributed by atoms with Gasteiger partial charge in [0.2, 0.25) is 0 Å². The number of nitrogens with zero attached hydrogens (tertiary/aromatic N) is 6. The summed E-state index contributed by atoms with van der Waals surface area (Å²) in [6.07, 6.45) is 0.451. The van der Waals surface area contributed by atoms with Gasteiger partial charge >= 0.3 is 18.0 Å². The van der Waals surface area contributed by atoms with Crippen molar-refractivity contribution in [2.45, 2.75) is 37.5 Å². The highest BCUT2D eigenvalue weighted by molar-refractivity contribution is 5.37. The number of halogens is 6. The van der Waals surface area contributed by atoms with E-state index in [0.717, 1.165) is 12.1 Å². The normalized spacial score (nSPS) is 19.4. The molecule has 4 aromatic rings. The molecular weight excluding hydrogens is 546 g/mol. The molecule has 0 bridgehead atoms. The predicted molar refractivity (Wildman–Crippen MR) is 126 cm³/mol. The summed E-state index contributed by atoms with van der Waals surface area (Å²) >= 11 is 0. The van der Waals surface area contributed by atoms with Crippen LogP contribution in [0.5, 0.6) is 5.75 Å². The van der Waals surface area contributed by atoms with E-state index in [4.69, 9.17) is 9.47 Å². The Hall–Kier alpha value is -4.14. The minimum absolute atomic E-state index is 0.0793. The molecule has 0 spiro atoms. The first-order valence-electron chi connectivity index (χ1n) is 12.0. The first-order valence-corrected chi connectivity index (χ1v) is 12.0. The Kier molecular flexibility index (Phi) is 7.40. The summed E-state index contributed by atoms with van der Waals surface area (Å²) < 4.78 is 94.0. The SMILES string of the molecule is O=c1n(-c2ccc(OCC(F)(F)C(F)F)cc2)cnn1C[C@@H]1CO[C@@](Cn2cncn2)(c2ccc(F)cc2F)C1. The maximum absolute atomic E-state index is 14.8. The number of ether oxygens (including phenoxy) is 2. The second-order valence-corrected chi connectivity index (χ2v) is 9.40. The van der Waals surface area contributed by atoms with Crippen molar-refractivity contribution in [3.05, 3.63) is 89.1 Å². The van der Waals surface area contributed by atoms with Crippen LogP contribution in [0.2, 0.25) is 0 Å². The second kappa shape index (κ2) is 10.8. The zero-order valence-electron chi connectivity index (χ0n) is 20.6. The quantitative estimate of drug-likeness (QED) is 0.271. The third-order valence-electron chi connectivity index (χ3n) is 6.55. The molecule has 2 aromatic heterocycles. The van der Waals surface area contributed by atoms with E-state index >= 15 is 0 Å². The molecule has 40 heavy (non-hydrogen) atoms. The topological polar surface area (TPSA) is 89.0 Å². The van der Waals surface area contributed by atoms with Gasteiger partial charge in [0.15, 0.2) is 6.61 Å². The fourth-order valence-corrected chi connectivity index (χ4v) is 4.63. The van der Waals surface area contributed by atoms with E-state index in [2.05, 4.69) is 15.2 Å². The van der Waals surface area contributed by atoms with E-state index < -0.39 is 41.9 Å². The second-order valence-electron chi connectivity index (χ2n) is 9.40. The Balaban J connectivity index is 1.30. The van der Waals surface area contributed by atoms with Crippen LogP contribution >= 0.6 is 0 Å². The Bertz CT molecular complexity index is 1510. The molecule has 0 amide bonds. The van der Waals surface area contributed by atoms with Crippen LogP contribution in [0, 0.1) is 17.6 Å². The molecule has 1 aliphatic rings. The zero-order valence-corrected chi connectivity index (χ0v) is 20.6. The van der Waals surface area contributed by atoms with Crippen LogP contribution < -0.4 is 10.4 Å². The molecule has 1 aliphatic heterocycles. The molecule has 1 fully saturated rings. The Morgan fingerprint density at radius 2 is 1.88 bits per heavy atom. The molecule has 3 heterocycles. The molecule has 0 saturated carbocycles. The lowest BCUT2D eigenvalue weighted by Crippen LogP contribution is -2.33. The van der Waals surface area contributed by atoms with E-state index in [1.807, 2.05) is 0 Å². The van der Waals surface area contributed by atoms with Gasteiger partial charge in [-0.05, 0) is 36.8 Å². The summed E-state index contributed by atoms with van der Waals surface area (Å²) in [7, 11) is 0. The number of benzene rings is 2. The Labute approximate surface area is 222 Å². The molecule has 9 nitrogen and oxygen atoms in total. The molecule has 1 saturated heterocycles. The smallest absolute Gasteiger partial charge is 0.350 e.